The van der Waals surface area contributed by atoms with Crippen molar-refractivity contribution in [2.24, 2.45) is 0 Å². The first-order valence-corrected chi connectivity index (χ1v) is 11.7. The Morgan fingerprint density at radius 1 is 1.07 bits per heavy atom. The van der Waals surface area contributed by atoms with Gasteiger partial charge in [0.2, 0.25) is 21.1 Å². The van der Waals surface area contributed by atoms with Gasteiger partial charge >= 0.3 is 0 Å². The van der Waals surface area contributed by atoms with E-state index in [0.29, 0.717) is 15.8 Å². The van der Waals surface area contributed by atoms with Crippen molar-refractivity contribution in [2.75, 3.05) is 22.4 Å². The number of amides is 1. The maximum atomic E-state index is 12.5. The van der Waals surface area contributed by atoms with Crippen LogP contribution in [0.4, 0.5) is 10.8 Å². The SMILES string of the molecule is CCc1ccc(N(CC(=O)Nc2nnc(-c3ccc(C)cc3)s2)S(C)(=O)=O)cc1. The number of hydrogen-bond donors (Lipinski definition) is 1. The van der Waals surface area contributed by atoms with Gasteiger partial charge in [-0.3, -0.25) is 14.4 Å². The van der Waals surface area contributed by atoms with E-state index >= 15 is 0 Å². The molecule has 0 aliphatic rings. The third-order valence-electron chi connectivity index (χ3n) is 4.29. The molecular formula is C20H22N4O3S2. The zero-order valence-corrected chi connectivity index (χ0v) is 18.0. The Morgan fingerprint density at radius 2 is 1.72 bits per heavy atom. The standard InChI is InChI=1S/C20H22N4O3S2/c1-4-15-7-11-17(12-8-15)24(29(3,26)27)13-18(25)21-20-23-22-19(28-20)16-9-5-14(2)6-10-16/h5-12H,4,13H2,1-3H3,(H,21,23,25). The molecule has 2 aromatic carbocycles. The van der Waals surface area contributed by atoms with Crippen molar-refractivity contribution in [1.29, 1.82) is 0 Å². The minimum atomic E-state index is -3.63. The molecule has 152 valence electrons. The lowest BCUT2D eigenvalue weighted by molar-refractivity contribution is -0.114. The Labute approximate surface area is 174 Å². The topological polar surface area (TPSA) is 92.3 Å². The second-order valence-corrected chi connectivity index (χ2v) is 9.50. The van der Waals surface area contributed by atoms with Crippen LogP contribution in [0.15, 0.2) is 48.5 Å². The fourth-order valence-electron chi connectivity index (χ4n) is 2.67. The molecule has 1 N–H and O–H groups in total. The van der Waals surface area contributed by atoms with Crippen molar-refractivity contribution in [3.63, 3.8) is 0 Å². The lowest BCUT2D eigenvalue weighted by Crippen LogP contribution is -2.37. The Kier molecular flexibility index (Phi) is 6.29. The average Bonchev–Trinajstić information content (AvgIpc) is 3.14. The number of aromatic nitrogens is 2. The Bertz CT molecular complexity index is 1090. The molecule has 1 aromatic heterocycles. The number of anilines is 2. The summed E-state index contributed by atoms with van der Waals surface area (Å²) >= 11 is 1.23. The molecule has 0 spiro atoms. The number of benzene rings is 2. The lowest BCUT2D eigenvalue weighted by atomic mass is 10.1. The molecule has 0 radical (unpaired) electrons. The minimum absolute atomic E-state index is 0.320. The molecule has 9 heteroatoms. The first-order chi connectivity index (χ1) is 13.8. The number of carbonyl (C=O) groups excluding carboxylic acids is 1. The highest BCUT2D eigenvalue weighted by atomic mass is 32.2. The van der Waals surface area contributed by atoms with E-state index in [0.717, 1.165) is 33.7 Å². The van der Waals surface area contributed by atoms with Crippen LogP contribution in [0.1, 0.15) is 18.1 Å². The van der Waals surface area contributed by atoms with E-state index in [1.807, 2.05) is 50.2 Å². The maximum Gasteiger partial charge on any atom is 0.246 e. The minimum Gasteiger partial charge on any atom is -0.299 e. The maximum absolute atomic E-state index is 12.5. The Balaban J connectivity index is 1.73. The molecule has 0 saturated carbocycles. The van der Waals surface area contributed by atoms with E-state index in [1.54, 1.807) is 12.1 Å². The van der Waals surface area contributed by atoms with Crippen LogP contribution in [0.25, 0.3) is 10.6 Å². The van der Waals surface area contributed by atoms with E-state index in [-0.39, 0.29) is 6.54 Å². The average molecular weight is 431 g/mol. The van der Waals surface area contributed by atoms with Gasteiger partial charge in [-0.1, -0.05) is 60.2 Å². The molecule has 1 amide bonds. The molecule has 0 fully saturated rings. The van der Waals surface area contributed by atoms with Crippen LogP contribution in [0.2, 0.25) is 0 Å². The van der Waals surface area contributed by atoms with Crippen molar-refractivity contribution in [3.8, 4) is 10.6 Å². The monoisotopic (exact) mass is 430 g/mol. The fraction of sp³-hybridized carbons (Fsp3) is 0.250. The molecule has 0 saturated heterocycles. The zero-order valence-electron chi connectivity index (χ0n) is 16.4. The van der Waals surface area contributed by atoms with Crippen LogP contribution >= 0.6 is 11.3 Å². The highest BCUT2D eigenvalue weighted by molar-refractivity contribution is 7.92. The van der Waals surface area contributed by atoms with Crippen molar-refractivity contribution >= 4 is 38.1 Å². The number of carbonyl (C=O) groups is 1. The van der Waals surface area contributed by atoms with Gasteiger partial charge in [0.15, 0.2) is 0 Å². The van der Waals surface area contributed by atoms with Gasteiger partial charge in [0, 0.05) is 5.56 Å². The second-order valence-electron chi connectivity index (χ2n) is 6.62. The lowest BCUT2D eigenvalue weighted by Gasteiger charge is -2.21. The van der Waals surface area contributed by atoms with Crippen molar-refractivity contribution in [1.82, 2.24) is 10.2 Å². The van der Waals surface area contributed by atoms with Crippen LogP contribution in [0, 0.1) is 6.92 Å². The van der Waals surface area contributed by atoms with Gasteiger partial charge in [0.1, 0.15) is 11.6 Å². The van der Waals surface area contributed by atoms with Gasteiger partial charge in [0.05, 0.1) is 11.9 Å². The van der Waals surface area contributed by atoms with Crippen molar-refractivity contribution < 1.29 is 13.2 Å². The van der Waals surface area contributed by atoms with E-state index < -0.39 is 15.9 Å². The highest BCUT2D eigenvalue weighted by Crippen LogP contribution is 2.26. The highest BCUT2D eigenvalue weighted by Gasteiger charge is 2.21. The molecule has 0 bridgehead atoms. The number of sulfonamides is 1. The Morgan fingerprint density at radius 3 is 2.31 bits per heavy atom. The summed E-state index contributed by atoms with van der Waals surface area (Å²) in [5.41, 5.74) is 3.57. The molecule has 0 aliphatic carbocycles. The summed E-state index contributed by atoms with van der Waals surface area (Å²) in [5.74, 6) is -0.485. The number of rotatable bonds is 7. The van der Waals surface area contributed by atoms with Gasteiger partial charge in [-0.25, -0.2) is 8.42 Å². The molecule has 0 aliphatic heterocycles. The van der Waals surface area contributed by atoms with Gasteiger partial charge in [0.25, 0.3) is 0 Å². The van der Waals surface area contributed by atoms with Crippen molar-refractivity contribution in [2.45, 2.75) is 20.3 Å². The van der Waals surface area contributed by atoms with Gasteiger partial charge in [-0.2, -0.15) is 0 Å². The van der Waals surface area contributed by atoms with Crippen LogP contribution in [-0.4, -0.2) is 37.3 Å². The van der Waals surface area contributed by atoms with E-state index in [2.05, 4.69) is 15.5 Å². The second kappa shape index (κ2) is 8.71. The van der Waals surface area contributed by atoms with E-state index in [4.69, 9.17) is 0 Å². The van der Waals surface area contributed by atoms with Crippen LogP contribution in [-0.2, 0) is 21.2 Å². The normalized spacial score (nSPS) is 11.3. The molecule has 3 aromatic rings. The first-order valence-electron chi connectivity index (χ1n) is 9.03. The molecule has 0 atom stereocenters. The predicted octanol–water partition coefficient (Wildman–Crippen LogP) is 3.48. The summed E-state index contributed by atoms with van der Waals surface area (Å²) < 4.78 is 25.5. The molecule has 7 nitrogen and oxygen atoms in total. The van der Waals surface area contributed by atoms with E-state index in [1.165, 1.54) is 11.3 Å². The summed E-state index contributed by atoms with van der Waals surface area (Å²) in [6, 6.07) is 14.9. The number of aryl methyl sites for hydroxylation is 2. The fourth-order valence-corrected chi connectivity index (χ4v) is 4.30. The quantitative estimate of drug-likeness (QED) is 0.619. The van der Waals surface area contributed by atoms with Crippen LogP contribution < -0.4 is 9.62 Å². The van der Waals surface area contributed by atoms with Gasteiger partial charge in [-0.15, -0.1) is 10.2 Å². The predicted molar refractivity (Wildman–Crippen MR) is 117 cm³/mol. The van der Waals surface area contributed by atoms with Crippen molar-refractivity contribution in [3.05, 3.63) is 59.7 Å². The summed E-state index contributed by atoms with van der Waals surface area (Å²) in [6.45, 7) is 3.67. The number of hydrogen-bond acceptors (Lipinski definition) is 6. The molecule has 1 heterocycles. The first kappa shape index (κ1) is 20.9. The third-order valence-corrected chi connectivity index (χ3v) is 6.32. The zero-order chi connectivity index (χ0) is 21.0. The molecule has 29 heavy (non-hydrogen) atoms. The summed E-state index contributed by atoms with van der Waals surface area (Å²) in [4.78, 5) is 12.5. The molecule has 3 rings (SSSR count). The summed E-state index contributed by atoms with van der Waals surface area (Å²) in [6.07, 6.45) is 1.93. The van der Waals surface area contributed by atoms with Gasteiger partial charge in [-0.05, 0) is 31.0 Å². The number of nitrogens with zero attached hydrogens (tertiary/aromatic N) is 3. The summed E-state index contributed by atoms with van der Waals surface area (Å²) in [7, 11) is -3.63. The molecule has 0 unspecified atom stereocenters. The van der Waals surface area contributed by atoms with Crippen LogP contribution in [0.3, 0.4) is 0 Å². The number of nitrogens with one attached hydrogen (secondary N) is 1. The largest absolute Gasteiger partial charge is 0.299 e. The Hall–Kier alpha value is -2.78. The third kappa shape index (κ3) is 5.39. The van der Waals surface area contributed by atoms with E-state index in [9.17, 15) is 13.2 Å². The summed E-state index contributed by atoms with van der Waals surface area (Å²) in [5, 5.41) is 11.7. The smallest absolute Gasteiger partial charge is 0.246 e. The molecular weight excluding hydrogens is 408 g/mol. The van der Waals surface area contributed by atoms with Gasteiger partial charge < -0.3 is 0 Å². The van der Waals surface area contributed by atoms with Crippen LogP contribution in [0.5, 0.6) is 0 Å².